The van der Waals surface area contributed by atoms with Gasteiger partial charge in [-0.15, -0.1) is 0 Å². The normalized spacial score (nSPS) is 36.0. The molecule has 8 aliphatic rings. The topological polar surface area (TPSA) is 90.3 Å². The standard InChI is InChI=1S/C34H36Br2N6O4/c35-27-21-31(41(37-27)25-7-3-1-4-8-25)23-39-17-13-33(31,14-18-39)45-29(43)11-12-30(44)46-34-15-19-40(20-16-34)24-32(34)22-28(36)38-42(32)26-9-5-2-6-10-26/h1-12H,13-24H2/b12-11+. The van der Waals surface area contributed by atoms with Gasteiger partial charge >= 0.3 is 11.9 Å². The second-order valence-corrected chi connectivity index (χ2v) is 15.2. The summed E-state index contributed by atoms with van der Waals surface area (Å²) in [5, 5.41) is 13.8. The first-order valence-corrected chi connectivity index (χ1v) is 17.6. The highest BCUT2D eigenvalue weighted by molar-refractivity contribution is 9.18. The lowest BCUT2D eigenvalue weighted by Crippen LogP contribution is -2.75. The van der Waals surface area contributed by atoms with Crippen LogP contribution in [0, 0.1) is 0 Å². The van der Waals surface area contributed by atoms with E-state index in [1.54, 1.807) is 0 Å². The summed E-state index contributed by atoms with van der Waals surface area (Å²) < 4.78 is 14.6. The zero-order chi connectivity index (χ0) is 31.6. The van der Waals surface area contributed by atoms with Crippen molar-refractivity contribution in [2.45, 2.75) is 60.8 Å². The zero-order valence-electron chi connectivity index (χ0n) is 25.5. The van der Waals surface area contributed by atoms with E-state index in [1.807, 2.05) is 70.7 Å². The van der Waals surface area contributed by atoms with Crippen LogP contribution in [0.4, 0.5) is 11.4 Å². The summed E-state index contributed by atoms with van der Waals surface area (Å²) in [5.74, 6) is -1.07. The minimum absolute atomic E-state index is 0.536. The van der Waals surface area contributed by atoms with Gasteiger partial charge in [-0.2, -0.15) is 10.2 Å². The van der Waals surface area contributed by atoms with Crippen LogP contribution in [0.1, 0.15) is 38.5 Å². The summed E-state index contributed by atoms with van der Waals surface area (Å²) in [5.41, 5.74) is -0.703. The molecule has 0 radical (unpaired) electrons. The monoisotopic (exact) mass is 750 g/mol. The Morgan fingerprint density at radius 2 is 1.00 bits per heavy atom. The largest absolute Gasteiger partial charge is 0.453 e. The van der Waals surface area contributed by atoms with Gasteiger partial charge < -0.3 is 19.3 Å². The van der Waals surface area contributed by atoms with E-state index >= 15 is 0 Å². The molecule has 0 N–H and O–H groups in total. The molecule has 6 saturated heterocycles. The molecule has 10 nitrogen and oxygen atoms in total. The van der Waals surface area contributed by atoms with Gasteiger partial charge in [-0.25, -0.2) is 9.59 Å². The van der Waals surface area contributed by atoms with Gasteiger partial charge in [0.1, 0.15) is 31.5 Å². The van der Waals surface area contributed by atoms with Crippen LogP contribution in [0.15, 0.2) is 83.0 Å². The van der Waals surface area contributed by atoms with Crippen molar-refractivity contribution in [2.75, 3.05) is 49.3 Å². The molecule has 2 unspecified atom stereocenters. The van der Waals surface area contributed by atoms with Crippen molar-refractivity contribution < 1.29 is 19.1 Å². The van der Waals surface area contributed by atoms with E-state index in [4.69, 9.17) is 19.7 Å². The van der Waals surface area contributed by atoms with Crippen LogP contribution in [0.3, 0.4) is 0 Å². The summed E-state index contributed by atoms with van der Waals surface area (Å²) in [6, 6.07) is 20.1. The van der Waals surface area contributed by atoms with Crippen LogP contribution >= 0.6 is 31.9 Å². The number of nitrogens with zero attached hydrogens (tertiary/aromatic N) is 6. The van der Waals surface area contributed by atoms with Crippen molar-refractivity contribution in [1.29, 1.82) is 0 Å². The Morgan fingerprint density at radius 3 is 1.37 bits per heavy atom. The fourth-order valence-electron chi connectivity index (χ4n) is 8.90. The number of ether oxygens (including phenoxy) is 2. The number of benzene rings is 2. The minimum Gasteiger partial charge on any atom is -0.453 e. The summed E-state index contributed by atoms with van der Waals surface area (Å²) in [6.45, 7) is 4.85. The Bertz CT molecular complexity index is 1500. The molecule has 46 heavy (non-hydrogen) atoms. The van der Waals surface area contributed by atoms with E-state index in [0.29, 0.717) is 38.5 Å². The maximum Gasteiger partial charge on any atom is 0.331 e. The van der Waals surface area contributed by atoms with E-state index in [2.05, 4.69) is 41.7 Å². The van der Waals surface area contributed by atoms with E-state index in [1.165, 1.54) is 12.2 Å². The Kier molecular flexibility index (Phi) is 7.43. The van der Waals surface area contributed by atoms with Gasteiger partial charge in [-0.1, -0.05) is 36.4 Å². The average Bonchev–Trinajstić information content (AvgIpc) is 3.58. The molecule has 4 bridgehead atoms. The third-order valence-electron chi connectivity index (χ3n) is 11.0. The molecule has 6 fully saturated rings. The highest BCUT2D eigenvalue weighted by Gasteiger charge is 2.67. The number of fused-ring (bicyclic) bond motifs is 4. The average molecular weight is 753 g/mol. The molecule has 12 heteroatoms. The molecule has 2 aromatic rings. The molecule has 2 atom stereocenters. The first kappa shape index (κ1) is 30.3. The van der Waals surface area contributed by atoms with Crippen molar-refractivity contribution in [3.05, 3.63) is 72.8 Å². The number of hydrogen-bond donors (Lipinski definition) is 0. The Labute approximate surface area is 285 Å². The van der Waals surface area contributed by atoms with E-state index in [-0.39, 0.29) is 0 Å². The molecule has 10 rings (SSSR count). The number of esters is 2. The molecule has 8 aliphatic heterocycles. The number of hydrogen-bond acceptors (Lipinski definition) is 10. The first-order valence-electron chi connectivity index (χ1n) is 16.0. The van der Waals surface area contributed by atoms with Crippen LogP contribution in [-0.4, -0.2) is 92.5 Å². The third kappa shape index (κ3) is 4.70. The number of halogens is 2. The molecule has 2 aromatic carbocycles. The highest BCUT2D eigenvalue weighted by Crippen LogP contribution is 2.54. The maximum absolute atomic E-state index is 13.6. The van der Waals surface area contributed by atoms with E-state index in [9.17, 15) is 9.59 Å². The molecule has 0 aliphatic carbocycles. The van der Waals surface area contributed by atoms with Gasteiger partial charge in [0, 0.05) is 89.9 Å². The van der Waals surface area contributed by atoms with E-state index < -0.39 is 34.2 Å². The molecule has 0 aromatic heterocycles. The molecule has 240 valence electrons. The number of carbonyl (C=O) groups excluding carboxylic acids is 2. The van der Waals surface area contributed by atoms with Gasteiger partial charge in [0.25, 0.3) is 0 Å². The highest BCUT2D eigenvalue weighted by atomic mass is 79.9. The number of carbonyl (C=O) groups is 2. The predicted octanol–water partition coefficient (Wildman–Crippen LogP) is 5.04. The predicted molar refractivity (Wildman–Crippen MR) is 183 cm³/mol. The summed E-state index contributed by atoms with van der Waals surface area (Å²) in [7, 11) is 0. The lowest BCUT2D eigenvalue weighted by Gasteiger charge is -2.60. The second-order valence-electron chi connectivity index (χ2n) is 13.4. The fourth-order valence-corrected chi connectivity index (χ4v) is 10.1. The number of rotatable bonds is 6. The lowest BCUT2D eigenvalue weighted by atomic mass is 9.66. The van der Waals surface area contributed by atoms with Gasteiger partial charge in [0.2, 0.25) is 0 Å². The van der Waals surface area contributed by atoms with Crippen molar-refractivity contribution in [3.8, 4) is 0 Å². The van der Waals surface area contributed by atoms with Gasteiger partial charge in [-0.05, 0) is 56.1 Å². The van der Waals surface area contributed by atoms with Crippen molar-refractivity contribution >= 4 is 64.4 Å². The molecule has 0 amide bonds. The lowest BCUT2D eigenvalue weighted by molar-refractivity contribution is -0.187. The number of anilines is 2. The SMILES string of the molecule is O=C(/C=C/C(=O)OC12CCN(CC1)CC21CC(Br)=NN1c1ccccc1)OC12CCN(CC1)CC21CC(Br)=NN1c1ccccc1. The fraction of sp³-hybridized carbons (Fsp3) is 0.471. The van der Waals surface area contributed by atoms with Crippen LogP contribution in [-0.2, 0) is 19.1 Å². The zero-order valence-corrected chi connectivity index (χ0v) is 28.7. The number of para-hydroxylation sites is 2. The van der Waals surface area contributed by atoms with Crippen LogP contribution in [0.25, 0.3) is 0 Å². The van der Waals surface area contributed by atoms with Crippen molar-refractivity contribution in [2.24, 2.45) is 10.2 Å². The smallest absolute Gasteiger partial charge is 0.331 e. The molecular formula is C34H36Br2N6O4. The molecular weight excluding hydrogens is 716 g/mol. The number of hydrazone groups is 2. The Morgan fingerprint density at radius 1 is 0.630 bits per heavy atom. The Hall–Kier alpha value is -3.06. The third-order valence-corrected chi connectivity index (χ3v) is 11.9. The van der Waals surface area contributed by atoms with Crippen molar-refractivity contribution in [1.82, 2.24) is 9.80 Å². The molecule has 8 heterocycles. The minimum atomic E-state index is -0.759. The first-order chi connectivity index (χ1) is 22.3. The van der Waals surface area contributed by atoms with Gasteiger partial charge in [-0.3, -0.25) is 10.0 Å². The summed E-state index contributed by atoms with van der Waals surface area (Å²) in [6.07, 6.45) is 6.56. The summed E-state index contributed by atoms with van der Waals surface area (Å²) >= 11 is 7.33. The summed E-state index contributed by atoms with van der Waals surface area (Å²) in [4.78, 5) is 32.1. The van der Waals surface area contributed by atoms with Crippen LogP contribution in [0.2, 0.25) is 0 Å². The molecule has 2 spiro atoms. The number of piperidine rings is 6. The van der Waals surface area contributed by atoms with Gasteiger partial charge in [0.15, 0.2) is 0 Å². The quantitative estimate of drug-likeness (QED) is 0.300. The van der Waals surface area contributed by atoms with Crippen LogP contribution < -0.4 is 10.0 Å². The maximum atomic E-state index is 13.6. The van der Waals surface area contributed by atoms with Crippen molar-refractivity contribution in [3.63, 3.8) is 0 Å². The van der Waals surface area contributed by atoms with E-state index in [0.717, 1.165) is 59.9 Å². The van der Waals surface area contributed by atoms with Gasteiger partial charge in [0.05, 0.1) is 11.4 Å². The molecule has 0 saturated carbocycles. The second kappa shape index (κ2) is 11.3. The Balaban J connectivity index is 1.03. The van der Waals surface area contributed by atoms with Crippen LogP contribution in [0.5, 0.6) is 0 Å².